The normalized spacial score (nSPS) is 12.9. The Bertz CT molecular complexity index is 123. The van der Waals surface area contributed by atoms with Crippen molar-refractivity contribution in [3.63, 3.8) is 0 Å². The molecule has 0 saturated carbocycles. The van der Waals surface area contributed by atoms with Crippen LogP contribution in [0.3, 0.4) is 0 Å². The predicted octanol–water partition coefficient (Wildman–Crippen LogP) is 5.33. The van der Waals surface area contributed by atoms with Crippen molar-refractivity contribution >= 4 is 0 Å². The third-order valence-electron chi connectivity index (χ3n) is 3.11. The van der Waals surface area contributed by atoms with Crippen LogP contribution in [0, 0.1) is 0 Å². The van der Waals surface area contributed by atoms with Gasteiger partial charge >= 0.3 is 0 Å². The average Bonchev–Trinajstić information content (AvgIpc) is 2.31. The second-order valence-corrected chi connectivity index (χ2v) is 4.84. The van der Waals surface area contributed by atoms with Gasteiger partial charge in [-0.25, -0.2) is 0 Å². The van der Waals surface area contributed by atoms with E-state index in [1.807, 2.05) is 0 Å². The lowest BCUT2D eigenvalue weighted by Gasteiger charge is -2.17. The van der Waals surface area contributed by atoms with Crippen LogP contribution in [0.1, 0.15) is 85.0 Å². The molecule has 0 spiro atoms. The molecule has 0 fully saturated rings. The van der Waals surface area contributed by atoms with Crippen molar-refractivity contribution in [1.82, 2.24) is 0 Å². The quantitative estimate of drug-likeness (QED) is 0.410. The largest absolute Gasteiger partial charge is 0.378 e. The van der Waals surface area contributed by atoms with E-state index in [0.29, 0.717) is 6.10 Å². The monoisotopic (exact) mass is 228 g/mol. The van der Waals surface area contributed by atoms with Crippen LogP contribution in [-0.4, -0.2) is 12.7 Å². The molecule has 16 heavy (non-hydrogen) atoms. The molecule has 1 atom stereocenters. The number of ether oxygens (including phenoxy) is 1. The van der Waals surface area contributed by atoms with Gasteiger partial charge in [-0.15, -0.1) is 0 Å². The highest BCUT2D eigenvalue weighted by Gasteiger charge is 2.07. The molecule has 0 radical (unpaired) electrons. The molecule has 1 heteroatoms. The van der Waals surface area contributed by atoms with E-state index in [-0.39, 0.29) is 0 Å². The highest BCUT2D eigenvalue weighted by molar-refractivity contribution is 4.59. The maximum absolute atomic E-state index is 5.99. The highest BCUT2D eigenvalue weighted by Crippen LogP contribution is 2.14. The first-order valence-electron chi connectivity index (χ1n) is 7.46. The zero-order chi connectivity index (χ0) is 12.1. The van der Waals surface area contributed by atoms with Gasteiger partial charge in [0, 0.05) is 6.61 Å². The van der Waals surface area contributed by atoms with Crippen molar-refractivity contribution in [1.29, 1.82) is 0 Å². The van der Waals surface area contributed by atoms with Crippen molar-refractivity contribution in [3.05, 3.63) is 0 Å². The third kappa shape index (κ3) is 10.5. The Labute approximate surface area is 103 Å². The summed E-state index contributed by atoms with van der Waals surface area (Å²) in [6.07, 6.45) is 13.6. The first-order valence-corrected chi connectivity index (χ1v) is 7.46. The fourth-order valence-electron chi connectivity index (χ4n) is 1.97. The molecule has 0 bridgehead atoms. The molecule has 0 N–H and O–H groups in total. The molecule has 0 heterocycles. The molecule has 0 saturated heterocycles. The first-order chi connectivity index (χ1) is 7.85. The molecule has 0 aromatic heterocycles. The molecule has 0 aliphatic carbocycles. The zero-order valence-electron chi connectivity index (χ0n) is 11.8. The van der Waals surface area contributed by atoms with E-state index in [0.717, 1.165) is 6.61 Å². The van der Waals surface area contributed by atoms with Crippen LogP contribution in [0.4, 0.5) is 0 Å². The van der Waals surface area contributed by atoms with Crippen LogP contribution in [-0.2, 0) is 4.74 Å². The highest BCUT2D eigenvalue weighted by atomic mass is 16.5. The molecule has 0 aliphatic heterocycles. The summed E-state index contributed by atoms with van der Waals surface area (Å²) in [4.78, 5) is 0. The van der Waals surface area contributed by atoms with Gasteiger partial charge in [-0.3, -0.25) is 0 Å². The second-order valence-electron chi connectivity index (χ2n) is 4.84. The maximum Gasteiger partial charge on any atom is 0.0575 e. The Morgan fingerprint density at radius 3 is 1.88 bits per heavy atom. The van der Waals surface area contributed by atoms with Crippen LogP contribution in [0.2, 0.25) is 0 Å². The van der Waals surface area contributed by atoms with Crippen molar-refractivity contribution in [2.45, 2.75) is 91.1 Å². The van der Waals surface area contributed by atoms with Crippen molar-refractivity contribution < 1.29 is 4.74 Å². The molecule has 0 rings (SSSR count). The molecule has 0 amide bonds. The lowest BCUT2D eigenvalue weighted by Crippen LogP contribution is -2.14. The minimum Gasteiger partial charge on any atom is -0.378 e. The van der Waals surface area contributed by atoms with Gasteiger partial charge in [-0.1, -0.05) is 65.7 Å². The van der Waals surface area contributed by atoms with Crippen LogP contribution in [0.15, 0.2) is 0 Å². The van der Waals surface area contributed by atoms with E-state index in [1.165, 1.54) is 64.2 Å². The molecule has 1 nitrogen and oxygen atoms in total. The van der Waals surface area contributed by atoms with E-state index in [4.69, 9.17) is 4.74 Å². The second kappa shape index (κ2) is 13.0. The van der Waals surface area contributed by atoms with Gasteiger partial charge in [0.15, 0.2) is 0 Å². The summed E-state index contributed by atoms with van der Waals surface area (Å²) in [5, 5.41) is 0. The average molecular weight is 228 g/mol. The summed E-state index contributed by atoms with van der Waals surface area (Å²) in [7, 11) is 0. The molecule has 0 aromatic rings. The Morgan fingerprint density at radius 2 is 1.25 bits per heavy atom. The minimum absolute atomic E-state index is 0.545. The van der Waals surface area contributed by atoms with E-state index in [2.05, 4.69) is 20.8 Å². The van der Waals surface area contributed by atoms with Gasteiger partial charge in [0.2, 0.25) is 0 Å². The molecule has 0 aromatic carbocycles. The fourth-order valence-corrected chi connectivity index (χ4v) is 1.97. The Morgan fingerprint density at radius 1 is 0.688 bits per heavy atom. The van der Waals surface area contributed by atoms with E-state index >= 15 is 0 Å². The smallest absolute Gasteiger partial charge is 0.0575 e. The standard InChI is InChI=1S/C15H32O/c1-4-7-10-13-15(12-9-6-3)16-14-11-8-5-2/h15H,4-14H2,1-3H3. The lowest BCUT2D eigenvalue weighted by molar-refractivity contribution is 0.0363. The zero-order valence-corrected chi connectivity index (χ0v) is 11.8. The van der Waals surface area contributed by atoms with Crippen LogP contribution < -0.4 is 0 Å². The van der Waals surface area contributed by atoms with Gasteiger partial charge in [0.1, 0.15) is 0 Å². The molecule has 0 aliphatic rings. The van der Waals surface area contributed by atoms with Gasteiger partial charge in [0.05, 0.1) is 6.10 Å². The Balaban J connectivity index is 3.54. The number of rotatable bonds is 12. The summed E-state index contributed by atoms with van der Waals surface area (Å²) >= 11 is 0. The van der Waals surface area contributed by atoms with E-state index in [1.54, 1.807) is 0 Å². The number of hydrogen-bond donors (Lipinski definition) is 0. The Kier molecular flexibility index (Phi) is 13.0. The van der Waals surface area contributed by atoms with Crippen molar-refractivity contribution in [2.75, 3.05) is 6.61 Å². The summed E-state index contributed by atoms with van der Waals surface area (Å²) in [6, 6.07) is 0. The summed E-state index contributed by atoms with van der Waals surface area (Å²) in [5.41, 5.74) is 0. The minimum atomic E-state index is 0.545. The first kappa shape index (κ1) is 16.0. The van der Waals surface area contributed by atoms with Crippen LogP contribution >= 0.6 is 0 Å². The summed E-state index contributed by atoms with van der Waals surface area (Å²) in [6.45, 7) is 7.76. The molecular formula is C15H32O. The third-order valence-corrected chi connectivity index (χ3v) is 3.11. The van der Waals surface area contributed by atoms with Gasteiger partial charge in [0.25, 0.3) is 0 Å². The van der Waals surface area contributed by atoms with Gasteiger partial charge < -0.3 is 4.74 Å². The SMILES string of the molecule is CCCCCOC(CCCC)CCCCC. The Hall–Kier alpha value is -0.0400. The van der Waals surface area contributed by atoms with Crippen molar-refractivity contribution in [3.8, 4) is 0 Å². The molecule has 98 valence electrons. The molecule has 1 unspecified atom stereocenters. The van der Waals surface area contributed by atoms with Gasteiger partial charge in [-0.2, -0.15) is 0 Å². The molecular weight excluding hydrogens is 196 g/mol. The van der Waals surface area contributed by atoms with E-state index in [9.17, 15) is 0 Å². The van der Waals surface area contributed by atoms with Gasteiger partial charge in [-0.05, 0) is 19.3 Å². The summed E-state index contributed by atoms with van der Waals surface area (Å²) in [5.74, 6) is 0. The maximum atomic E-state index is 5.99. The van der Waals surface area contributed by atoms with E-state index < -0.39 is 0 Å². The predicted molar refractivity (Wildman–Crippen MR) is 72.9 cm³/mol. The number of unbranched alkanes of at least 4 members (excludes halogenated alkanes) is 5. The van der Waals surface area contributed by atoms with Crippen molar-refractivity contribution in [2.24, 2.45) is 0 Å². The van der Waals surface area contributed by atoms with Crippen LogP contribution in [0.25, 0.3) is 0 Å². The summed E-state index contributed by atoms with van der Waals surface area (Å²) < 4.78 is 5.99. The topological polar surface area (TPSA) is 9.23 Å². The van der Waals surface area contributed by atoms with Crippen LogP contribution in [0.5, 0.6) is 0 Å². The lowest BCUT2D eigenvalue weighted by atomic mass is 10.1. The fraction of sp³-hybridized carbons (Fsp3) is 1.00. The number of hydrogen-bond acceptors (Lipinski definition) is 1.